The van der Waals surface area contributed by atoms with Crippen LogP contribution in [0.4, 0.5) is 17.3 Å². The Hall–Kier alpha value is -3.18. The third-order valence-corrected chi connectivity index (χ3v) is 7.93. The molecule has 12 heteroatoms. The highest BCUT2D eigenvalue weighted by Gasteiger charge is 2.38. The number of hydrogen-bond donors (Lipinski definition) is 1. The van der Waals surface area contributed by atoms with Gasteiger partial charge in [0.05, 0.1) is 22.5 Å². The van der Waals surface area contributed by atoms with Crippen molar-refractivity contribution in [3.63, 3.8) is 0 Å². The molecule has 0 amide bonds. The molecule has 1 aliphatic rings. The lowest BCUT2D eigenvalue weighted by atomic mass is 9.91. The first-order chi connectivity index (χ1) is 17.0. The number of aromatic nitrogens is 6. The third kappa shape index (κ3) is 4.64. The first-order valence-electron chi connectivity index (χ1n) is 11.7. The fraction of sp³-hybridized carbons (Fsp3) is 0.417. The van der Waals surface area contributed by atoms with Crippen LogP contribution >= 0.6 is 11.6 Å². The van der Waals surface area contributed by atoms with Gasteiger partial charge in [0.15, 0.2) is 11.0 Å². The third-order valence-electron chi connectivity index (χ3n) is 6.62. The fourth-order valence-electron chi connectivity index (χ4n) is 4.74. The summed E-state index contributed by atoms with van der Waals surface area (Å²) in [6, 6.07) is 4.16. The van der Waals surface area contributed by atoms with Gasteiger partial charge in [-0.05, 0) is 26.8 Å². The van der Waals surface area contributed by atoms with E-state index in [9.17, 15) is 8.42 Å². The number of nitrogens with one attached hydrogen (secondary N) is 1. The van der Waals surface area contributed by atoms with Gasteiger partial charge in [-0.3, -0.25) is 4.68 Å². The van der Waals surface area contributed by atoms with Gasteiger partial charge in [-0.25, -0.2) is 23.4 Å². The van der Waals surface area contributed by atoms with Crippen LogP contribution in [-0.4, -0.2) is 62.3 Å². The lowest BCUT2D eigenvalue weighted by Gasteiger charge is -2.47. The number of sulfone groups is 1. The summed E-state index contributed by atoms with van der Waals surface area (Å²) < 4.78 is 27.4. The Kier molecular flexibility index (Phi) is 6.16. The SMILES string of the molecule is CC(C)n1cc(N2C[C@H](CS(C)(=O)=O)[C@H]2C)c2cnc(Nc3ccnc(-c4cn(C)nc4Cl)n3)cc21. The summed E-state index contributed by atoms with van der Waals surface area (Å²) in [5, 5.41) is 8.81. The van der Waals surface area contributed by atoms with Crippen molar-refractivity contribution in [2.75, 3.05) is 28.8 Å². The molecular weight excluding hydrogens is 500 g/mol. The molecule has 4 aromatic heterocycles. The highest BCUT2D eigenvalue weighted by atomic mass is 35.5. The van der Waals surface area contributed by atoms with Crippen LogP contribution in [0, 0.1) is 5.92 Å². The average Bonchev–Trinajstić information content (AvgIpc) is 3.34. The molecule has 0 bridgehead atoms. The smallest absolute Gasteiger partial charge is 0.166 e. The minimum absolute atomic E-state index is 0.131. The van der Waals surface area contributed by atoms with Crippen molar-refractivity contribution >= 4 is 49.7 Å². The first kappa shape index (κ1) is 24.5. The van der Waals surface area contributed by atoms with Gasteiger partial charge in [0, 0.05) is 74.1 Å². The molecule has 1 saturated heterocycles. The molecule has 1 fully saturated rings. The topological polar surface area (TPSA) is 111 Å². The van der Waals surface area contributed by atoms with E-state index in [-0.39, 0.29) is 23.8 Å². The molecule has 0 saturated carbocycles. The van der Waals surface area contributed by atoms with Gasteiger partial charge in [-0.2, -0.15) is 5.10 Å². The van der Waals surface area contributed by atoms with Crippen LogP contribution in [0.3, 0.4) is 0 Å². The largest absolute Gasteiger partial charge is 0.366 e. The maximum absolute atomic E-state index is 11.8. The molecule has 5 heterocycles. The monoisotopic (exact) mass is 528 g/mol. The van der Waals surface area contributed by atoms with Crippen LogP contribution < -0.4 is 10.2 Å². The highest BCUT2D eigenvalue weighted by molar-refractivity contribution is 7.90. The molecule has 0 spiro atoms. The average molecular weight is 529 g/mol. The zero-order chi connectivity index (χ0) is 25.8. The number of nitrogens with zero attached hydrogens (tertiary/aromatic N) is 7. The van der Waals surface area contributed by atoms with Crippen LogP contribution in [0.1, 0.15) is 26.8 Å². The Morgan fingerprint density at radius 1 is 1.22 bits per heavy atom. The standard InChI is InChI=1S/C24H29ClN8O2S/c1-14(2)32-12-20(33-10-16(15(33)3)13-36(5,34)35)17-9-27-22(8-19(17)32)28-21-6-7-26-24(29-21)18-11-31(4)30-23(18)25/h6-9,11-12,14-16H,10,13H2,1-5H3,(H,26,27,28,29)/t15-,16-/m1/s1. The van der Waals surface area contributed by atoms with Crippen LogP contribution in [0.25, 0.3) is 22.3 Å². The minimum atomic E-state index is -3.01. The molecule has 36 heavy (non-hydrogen) atoms. The van der Waals surface area contributed by atoms with E-state index in [1.165, 1.54) is 6.26 Å². The molecule has 0 aromatic carbocycles. The lowest BCUT2D eigenvalue weighted by Crippen LogP contribution is -2.57. The van der Waals surface area contributed by atoms with E-state index >= 15 is 0 Å². The number of rotatable bonds is 7. The maximum Gasteiger partial charge on any atom is 0.166 e. The van der Waals surface area contributed by atoms with Crippen LogP contribution in [0.2, 0.25) is 5.15 Å². The van der Waals surface area contributed by atoms with E-state index in [1.807, 2.05) is 12.3 Å². The van der Waals surface area contributed by atoms with E-state index in [0.717, 1.165) is 16.6 Å². The Morgan fingerprint density at radius 2 is 2.00 bits per heavy atom. The fourth-order valence-corrected chi connectivity index (χ4v) is 6.15. The van der Waals surface area contributed by atoms with E-state index < -0.39 is 9.84 Å². The molecule has 0 aliphatic carbocycles. The van der Waals surface area contributed by atoms with Crippen molar-refractivity contribution in [3.05, 3.63) is 42.1 Å². The van der Waals surface area contributed by atoms with E-state index in [1.54, 1.807) is 30.2 Å². The van der Waals surface area contributed by atoms with Crippen molar-refractivity contribution in [1.29, 1.82) is 0 Å². The van der Waals surface area contributed by atoms with E-state index in [0.29, 0.717) is 34.7 Å². The maximum atomic E-state index is 11.8. The first-order valence-corrected chi connectivity index (χ1v) is 14.2. The second kappa shape index (κ2) is 9.04. The molecule has 1 aliphatic heterocycles. The second-order valence-corrected chi connectivity index (χ2v) is 12.3. The predicted octanol–water partition coefficient (Wildman–Crippen LogP) is 4.07. The van der Waals surface area contributed by atoms with Gasteiger partial charge in [-0.15, -0.1) is 0 Å². The summed E-state index contributed by atoms with van der Waals surface area (Å²) in [7, 11) is -1.21. The number of halogens is 1. The van der Waals surface area contributed by atoms with Crippen LogP contribution in [-0.2, 0) is 16.9 Å². The van der Waals surface area contributed by atoms with E-state index in [2.05, 4.69) is 61.8 Å². The van der Waals surface area contributed by atoms with Crippen molar-refractivity contribution < 1.29 is 8.42 Å². The quantitative estimate of drug-likeness (QED) is 0.382. The summed E-state index contributed by atoms with van der Waals surface area (Å²) in [4.78, 5) is 15.8. The molecule has 4 aromatic rings. The molecule has 0 unspecified atom stereocenters. The van der Waals surface area contributed by atoms with Gasteiger partial charge >= 0.3 is 0 Å². The van der Waals surface area contributed by atoms with Crippen molar-refractivity contribution in [2.45, 2.75) is 32.9 Å². The highest BCUT2D eigenvalue weighted by Crippen LogP contribution is 2.39. The number of aryl methyl sites for hydroxylation is 1. The van der Waals surface area contributed by atoms with Crippen molar-refractivity contribution in [3.8, 4) is 11.4 Å². The Labute approximate surface area is 215 Å². The molecule has 2 atom stereocenters. The zero-order valence-electron chi connectivity index (χ0n) is 20.8. The van der Waals surface area contributed by atoms with Crippen molar-refractivity contribution in [2.24, 2.45) is 13.0 Å². The number of fused-ring (bicyclic) bond motifs is 1. The molecule has 0 radical (unpaired) electrons. The number of pyridine rings is 1. The summed E-state index contributed by atoms with van der Waals surface area (Å²) in [6.45, 7) is 7.07. The minimum Gasteiger partial charge on any atom is -0.366 e. The molecule has 190 valence electrons. The number of hydrogen-bond acceptors (Lipinski definition) is 8. The van der Waals surface area contributed by atoms with Gasteiger partial charge < -0.3 is 14.8 Å². The van der Waals surface area contributed by atoms with Gasteiger partial charge in [0.25, 0.3) is 0 Å². The number of anilines is 3. The van der Waals surface area contributed by atoms with Gasteiger partial charge in [-0.1, -0.05) is 11.6 Å². The van der Waals surface area contributed by atoms with Crippen LogP contribution in [0.15, 0.2) is 36.9 Å². The summed E-state index contributed by atoms with van der Waals surface area (Å²) in [5.74, 6) is 2.07. The molecule has 10 nitrogen and oxygen atoms in total. The molecular formula is C24H29ClN8O2S. The summed E-state index contributed by atoms with van der Waals surface area (Å²) in [5.41, 5.74) is 2.77. The molecule has 1 N–H and O–H groups in total. The summed E-state index contributed by atoms with van der Waals surface area (Å²) >= 11 is 6.22. The Bertz CT molecular complexity index is 1540. The predicted molar refractivity (Wildman–Crippen MR) is 143 cm³/mol. The van der Waals surface area contributed by atoms with Crippen molar-refractivity contribution in [1.82, 2.24) is 29.3 Å². The van der Waals surface area contributed by atoms with E-state index in [4.69, 9.17) is 11.6 Å². The zero-order valence-corrected chi connectivity index (χ0v) is 22.4. The second-order valence-electron chi connectivity index (χ2n) is 9.75. The Balaban J connectivity index is 1.44. The summed E-state index contributed by atoms with van der Waals surface area (Å²) in [6.07, 6.45) is 8.75. The lowest BCUT2D eigenvalue weighted by molar-refractivity contribution is 0.341. The van der Waals surface area contributed by atoms with Gasteiger partial charge in [0.2, 0.25) is 0 Å². The van der Waals surface area contributed by atoms with Crippen LogP contribution in [0.5, 0.6) is 0 Å². The van der Waals surface area contributed by atoms with Gasteiger partial charge in [0.1, 0.15) is 21.5 Å². The Morgan fingerprint density at radius 3 is 2.64 bits per heavy atom. The molecule has 5 rings (SSSR count). The normalized spacial score (nSPS) is 18.1.